The van der Waals surface area contributed by atoms with Crippen LogP contribution in [-0.2, 0) is 0 Å². The molecule has 2 aromatic rings. The second-order valence-electron chi connectivity index (χ2n) is 4.95. The molecule has 0 saturated heterocycles. The Hall–Kier alpha value is -1.62. The van der Waals surface area contributed by atoms with Crippen molar-refractivity contribution in [2.24, 2.45) is 5.92 Å². The van der Waals surface area contributed by atoms with Gasteiger partial charge in [-0.25, -0.2) is 4.52 Å². The highest BCUT2D eigenvalue weighted by molar-refractivity contribution is 5.45. The largest absolute Gasteiger partial charge is 0.396 e. The molecular weight excluding hydrogens is 228 g/mol. The number of anilines is 1. The Morgan fingerprint density at radius 2 is 2.22 bits per heavy atom. The third-order valence-electron chi connectivity index (χ3n) is 3.05. The lowest BCUT2D eigenvalue weighted by Gasteiger charge is -2.20. The fourth-order valence-corrected chi connectivity index (χ4v) is 1.92. The molecule has 2 rings (SSSR count). The van der Waals surface area contributed by atoms with Crippen LogP contribution >= 0.6 is 0 Å². The minimum absolute atomic E-state index is 0.169. The summed E-state index contributed by atoms with van der Waals surface area (Å²) in [6.07, 6.45) is 2.60. The molecule has 0 aliphatic carbocycles. The number of hydrogen-bond acceptors (Lipinski definition) is 4. The summed E-state index contributed by atoms with van der Waals surface area (Å²) in [5.41, 5.74) is 2.00. The first kappa shape index (κ1) is 12.8. The lowest BCUT2D eigenvalue weighted by molar-refractivity contribution is 0.267. The molecule has 0 amide bonds. The lowest BCUT2D eigenvalue weighted by Crippen LogP contribution is -2.27. The molecule has 0 aliphatic rings. The van der Waals surface area contributed by atoms with Gasteiger partial charge in [-0.15, -0.1) is 5.10 Å². The number of fused-ring (bicyclic) bond motifs is 1. The molecule has 0 fully saturated rings. The van der Waals surface area contributed by atoms with Crippen LogP contribution in [0, 0.1) is 12.8 Å². The summed E-state index contributed by atoms with van der Waals surface area (Å²) in [4.78, 5) is 4.44. The summed E-state index contributed by atoms with van der Waals surface area (Å²) < 4.78 is 1.76. The molecule has 2 N–H and O–H groups in total. The molecule has 2 heterocycles. The van der Waals surface area contributed by atoms with Crippen LogP contribution < -0.4 is 5.32 Å². The van der Waals surface area contributed by atoms with Crippen molar-refractivity contribution in [2.45, 2.75) is 33.2 Å². The summed E-state index contributed by atoms with van der Waals surface area (Å²) >= 11 is 0. The van der Waals surface area contributed by atoms with Gasteiger partial charge in [0, 0.05) is 18.8 Å². The molecule has 1 unspecified atom stereocenters. The van der Waals surface area contributed by atoms with Crippen molar-refractivity contribution in [2.75, 3.05) is 11.9 Å². The van der Waals surface area contributed by atoms with Crippen LogP contribution in [0.4, 0.5) is 5.95 Å². The van der Waals surface area contributed by atoms with Gasteiger partial charge < -0.3 is 10.4 Å². The number of pyridine rings is 1. The van der Waals surface area contributed by atoms with E-state index in [4.69, 9.17) is 5.11 Å². The summed E-state index contributed by atoms with van der Waals surface area (Å²) in [6.45, 7) is 6.44. The van der Waals surface area contributed by atoms with Gasteiger partial charge in [0.15, 0.2) is 5.65 Å². The van der Waals surface area contributed by atoms with E-state index in [0.29, 0.717) is 18.3 Å². The number of nitrogens with zero attached hydrogens (tertiary/aromatic N) is 3. The number of aliphatic hydroxyl groups is 1. The second kappa shape index (κ2) is 5.35. The number of aromatic nitrogens is 3. The number of aryl methyl sites for hydroxylation is 1. The molecule has 98 valence electrons. The van der Waals surface area contributed by atoms with Gasteiger partial charge in [0.1, 0.15) is 0 Å². The van der Waals surface area contributed by atoms with Crippen LogP contribution in [0.25, 0.3) is 5.65 Å². The zero-order valence-electron chi connectivity index (χ0n) is 11.1. The van der Waals surface area contributed by atoms with Crippen LogP contribution in [0.5, 0.6) is 0 Å². The minimum atomic E-state index is 0.169. The van der Waals surface area contributed by atoms with Crippen LogP contribution in [0.15, 0.2) is 18.3 Å². The molecule has 0 saturated carbocycles. The summed E-state index contributed by atoms with van der Waals surface area (Å²) in [5, 5.41) is 16.7. The fourth-order valence-electron chi connectivity index (χ4n) is 1.92. The van der Waals surface area contributed by atoms with E-state index in [-0.39, 0.29) is 12.6 Å². The molecule has 1 atom stereocenters. The topological polar surface area (TPSA) is 62.5 Å². The van der Waals surface area contributed by atoms with E-state index < -0.39 is 0 Å². The predicted octanol–water partition coefficient (Wildman–Crippen LogP) is 1.86. The van der Waals surface area contributed by atoms with Crippen molar-refractivity contribution >= 4 is 11.6 Å². The van der Waals surface area contributed by atoms with Crippen molar-refractivity contribution in [1.82, 2.24) is 14.6 Å². The van der Waals surface area contributed by atoms with E-state index in [9.17, 15) is 0 Å². The van der Waals surface area contributed by atoms with E-state index >= 15 is 0 Å². The molecule has 0 radical (unpaired) electrons. The Labute approximate surface area is 107 Å². The smallest absolute Gasteiger partial charge is 0.243 e. The number of rotatable bonds is 5. The quantitative estimate of drug-likeness (QED) is 0.847. The summed E-state index contributed by atoms with van der Waals surface area (Å²) in [6, 6.07) is 4.18. The van der Waals surface area contributed by atoms with E-state index in [1.807, 2.05) is 25.3 Å². The molecule has 0 bridgehead atoms. The number of nitrogens with one attached hydrogen (secondary N) is 1. The monoisotopic (exact) mass is 248 g/mol. The molecule has 0 aromatic carbocycles. The molecule has 0 aliphatic heterocycles. The van der Waals surface area contributed by atoms with E-state index in [2.05, 4.69) is 29.2 Å². The Balaban J connectivity index is 2.20. The van der Waals surface area contributed by atoms with Crippen LogP contribution in [-0.4, -0.2) is 32.4 Å². The van der Waals surface area contributed by atoms with Crippen molar-refractivity contribution in [1.29, 1.82) is 0 Å². The molecular formula is C13H20N4O. The Kier molecular flexibility index (Phi) is 3.81. The van der Waals surface area contributed by atoms with E-state index in [1.165, 1.54) is 0 Å². The molecule has 5 heteroatoms. The minimum Gasteiger partial charge on any atom is -0.396 e. The fraction of sp³-hybridized carbons (Fsp3) is 0.538. The van der Waals surface area contributed by atoms with E-state index in [1.54, 1.807) is 4.52 Å². The highest BCUT2D eigenvalue weighted by Crippen LogP contribution is 2.13. The van der Waals surface area contributed by atoms with Crippen LogP contribution in [0.1, 0.15) is 25.8 Å². The van der Waals surface area contributed by atoms with Crippen molar-refractivity contribution in [3.8, 4) is 0 Å². The van der Waals surface area contributed by atoms with Crippen molar-refractivity contribution in [3.63, 3.8) is 0 Å². The van der Waals surface area contributed by atoms with Gasteiger partial charge in [0.25, 0.3) is 0 Å². The molecule has 0 spiro atoms. The first-order valence-corrected chi connectivity index (χ1v) is 6.30. The van der Waals surface area contributed by atoms with E-state index in [0.717, 1.165) is 11.2 Å². The number of aliphatic hydroxyl groups excluding tert-OH is 1. The van der Waals surface area contributed by atoms with Gasteiger partial charge in [-0.3, -0.25) is 0 Å². The third-order valence-corrected chi connectivity index (χ3v) is 3.05. The summed E-state index contributed by atoms with van der Waals surface area (Å²) in [5.74, 6) is 1.04. The maximum Gasteiger partial charge on any atom is 0.243 e. The average Bonchev–Trinajstić information content (AvgIpc) is 2.69. The highest BCUT2D eigenvalue weighted by Gasteiger charge is 2.14. The Morgan fingerprint density at radius 1 is 1.44 bits per heavy atom. The number of hydrogen-bond donors (Lipinski definition) is 2. The Bertz CT molecular complexity index is 521. The molecule has 5 nitrogen and oxygen atoms in total. The maximum atomic E-state index is 9.05. The molecule has 18 heavy (non-hydrogen) atoms. The standard InChI is InChI=1S/C13H20N4O/c1-9(2)11(5-7-18)14-13-15-12-8-10(3)4-6-17(12)16-13/h4,6,8-9,11,18H,5,7H2,1-3H3,(H,14,16). The predicted molar refractivity (Wildman–Crippen MR) is 71.7 cm³/mol. The highest BCUT2D eigenvalue weighted by atomic mass is 16.3. The van der Waals surface area contributed by atoms with Gasteiger partial charge >= 0.3 is 0 Å². The van der Waals surface area contributed by atoms with Gasteiger partial charge in [0.05, 0.1) is 0 Å². The normalized spacial score (nSPS) is 13.2. The SMILES string of the molecule is Cc1ccn2nc(NC(CCO)C(C)C)nc2c1. The van der Waals surface area contributed by atoms with Gasteiger partial charge in [-0.05, 0) is 37.0 Å². The van der Waals surface area contributed by atoms with Gasteiger partial charge in [0.2, 0.25) is 5.95 Å². The zero-order valence-corrected chi connectivity index (χ0v) is 11.1. The van der Waals surface area contributed by atoms with Crippen LogP contribution in [0.3, 0.4) is 0 Å². The lowest BCUT2D eigenvalue weighted by atomic mass is 10.0. The van der Waals surface area contributed by atoms with Gasteiger partial charge in [-0.1, -0.05) is 13.8 Å². The first-order chi connectivity index (χ1) is 8.60. The molecule has 2 aromatic heterocycles. The Morgan fingerprint density at radius 3 is 2.89 bits per heavy atom. The van der Waals surface area contributed by atoms with Crippen molar-refractivity contribution < 1.29 is 5.11 Å². The van der Waals surface area contributed by atoms with Gasteiger partial charge in [-0.2, -0.15) is 4.98 Å². The first-order valence-electron chi connectivity index (χ1n) is 6.30. The second-order valence-corrected chi connectivity index (χ2v) is 4.95. The third kappa shape index (κ3) is 2.79. The van der Waals surface area contributed by atoms with Crippen molar-refractivity contribution in [3.05, 3.63) is 23.9 Å². The van der Waals surface area contributed by atoms with Crippen LogP contribution in [0.2, 0.25) is 0 Å². The summed E-state index contributed by atoms with van der Waals surface area (Å²) in [7, 11) is 0. The zero-order chi connectivity index (χ0) is 13.1. The average molecular weight is 248 g/mol. The maximum absolute atomic E-state index is 9.05.